The summed E-state index contributed by atoms with van der Waals surface area (Å²) >= 11 is 0. The van der Waals surface area contributed by atoms with Crippen LogP contribution in [0.15, 0.2) is 56.2 Å². The quantitative estimate of drug-likeness (QED) is 0.620. The lowest BCUT2D eigenvalue weighted by atomic mass is 10.1. The molecule has 0 aromatic carbocycles. The van der Waals surface area contributed by atoms with Crippen LogP contribution in [0.2, 0.25) is 0 Å². The lowest BCUT2D eigenvalue weighted by molar-refractivity contribution is 0.711. The molecule has 3 aliphatic heterocycles. The van der Waals surface area contributed by atoms with E-state index in [1.165, 1.54) is 12.7 Å². The molecule has 0 aliphatic carbocycles. The van der Waals surface area contributed by atoms with Crippen LogP contribution in [-0.4, -0.2) is 29.4 Å². The first-order valence-corrected chi connectivity index (χ1v) is 4.46. The Morgan fingerprint density at radius 3 is 2.87 bits per heavy atom. The minimum atomic E-state index is 0.591. The van der Waals surface area contributed by atoms with E-state index in [0.29, 0.717) is 5.96 Å². The summed E-state index contributed by atoms with van der Waals surface area (Å²) in [6.45, 7) is 3.74. The summed E-state index contributed by atoms with van der Waals surface area (Å²) in [4.78, 5) is 18.3. The summed E-state index contributed by atoms with van der Waals surface area (Å²) in [5.74, 6) is 2.14. The molecule has 0 amide bonds. The van der Waals surface area contributed by atoms with Crippen LogP contribution in [0.1, 0.15) is 0 Å². The van der Waals surface area contributed by atoms with Gasteiger partial charge in [0.15, 0.2) is 0 Å². The molecule has 0 saturated heterocycles. The first kappa shape index (κ1) is 8.05. The molecule has 0 unspecified atom stereocenters. The zero-order valence-electron chi connectivity index (χ0n) is 7.83. The highest BCUT2D eigenvalue weighted by molar-refractivity contribution is 6.19. The van der Waals surface area contributed by atoms with E-state index in [1.54, 1.807) is 11.0 Å². The number of aliphatic imine (C=N–C) groups is 4. The summed E-state index contributed by atoms with van der Waals surface area (Å²) < 4.78 is 0. The summed E-state index contributed by atoms with van der Waals surface area (Å²) in [6, 6.07) is 0. The fourth-order valence-corrected chi connectivity index (χ4v) is 1.56. The Morgan fingerprint density at radius 1 is 1.13 bits per heavy atom. The van der Waals surface area contributed by atoms with Gasteiger partial charge in [-0.2, -0.15) is 0 Å². The van der Waals surface area contributed by atoms with Gasteiger partial charge in [-0.05, 0) is 12.2 Å². The van der Waals surface area contributed by atoms with E-state index in [-0.39, 0.29) is 0 Å². The standard InChI is InChI=1S/C10H7N5/c1-2-7-3-4-8-11-5-13-10-14-6-12-9(7)15(8)10/h2-6H,1H2. The third kappa shape index (κ3) is 1.03. The SMILES string of the molecule is C=CC1=CC=C2N=CN=C3N=CN=C1N23. The molecule has 0 atom stereocenters. The van der Waals surface area contributed by atoms with Gasteiger partial charge in [-0.3, -0.25) is 0 Å². The summed E-state index contributed by atoms with van der Waals surface area (Å²) in [5, 5.41) is 0. The van der Waals surface area contributed by atoms with Gasteiger partial charge in [-0.25, -0.2) is 24.9 Å². The fourth-order valence-electron chi connectivity index (χ4n) is 1.56. The van der Waals surface area contributed by atoms with Crippen LogP contribution in [0.4, 0.5) is 0 Å². The van der Waals surface area contributed by atoms with E-state index in [1.807, 2.05) is 12.2 Å². The summed E-state index contributed by atoms with van der Waals surface area (Å²) in [5.41, 5.74) is 0.940. The highest BCUT2D eigenvalue weighted by atomic mass is 15.4. The van der Waals surface area contributed by atoms with Crippen LogP contribution in [0, 0.1) is 0 Å². The molecule has 3 aliphatic rings. The molecule has 0 saturated carbocycles. The second-order valence-electron chi connectivity index (χ2n) is 3.06. The predicted molar refractivity (Wildman–Crippen MR) is 60.1 cm³/mol. The molecular weight excluding hydrogens is 190 g/mol. The van der Waals surface area contributed by atoms with Crippen molar-refractivity contribution < 1.29 is 0 Å². The number of nitrogens with zero attached hydrogens (tertiary/aromatic N) is 5. The van der Waals surface area contributed by atoms with Crippen LogP contribution in [0.5, 0.6) is 0 Å². The van der Waals surface area contributed by atoms with Crippen molar-refractivity contribution in [3.63, 3.8) is 0 Å². The Hall–Kier alpha value is -2.30. The van der Waals surface area contributed by atoms with Gasteiger partial charge in [0.1, 0.15) is 24.3 Å². The van der Waals surface area contributed by atoms with Crippen molar-refractivity contribution >= 4 is 24.5 Å². The van der Waals surface area contributed by atoms with Gasteiger partial charge in [-0.1, -0.05) is 12.7 Å². The molecule has 0 aromatic heterocycles. The Balaban J connectivity index is 2.23. The molecule has 5 heteroatoms. The fraction of sp³-hybridized carbons (Fsp3) is 0. The lowest BCUT2D eigenvalue weighted by Gasteiger charge is -2.30. The third-order valence-electron chi connectivity index (χ3n) is 2.25. The maximum absolute atomic E-state index is 4.20. The number of guanidine groups is 1. The number of amidine groups is 1. The molecular formula is C10H7N5. The Labute approximate surface area is 86.3 Å². The van der Waals surface area contributed by atoms with E-state index in [4.69, 9.17) is 0 Å². The van der Waals surface area contributed by atoms with E-state index in [0.717, 1.165) is 17.2 Å². The van der Waals surface area contributed by atoms with Crippen LogP contribution in [-0.2, 0) is 0 Å². The van der Waals surface area contributed by atoms with Crippen molar-refractivity contribution in [3.05, 3.63) is 36.2 Å². The van der Waals surface area contributed by atoms with Crippen molar-refractivity contribution in [2.24, 2.45) is 20.0 Å². The van der Waals surface area contributed by atoms with Gasteiger partial charge in [0.25, 0.3) is 0 Å². The second kappa shape index (κ2) is 2.84. The van der Waals surface area contributed by atoms with Gasteiger partial charge in [0.2, 0.25) is 5.96 Å². The smallest absolute Gasteiger partial charge is 0.240 e. The zero-order valence-corrected chi connectivity index (χ0v) is 7.83. The molecule has 15 heavy (non-hydrogen) atoms. The molecule has 0 spiro atoms. The average Bonchev–Trinajstić information content (AvgIpc) is 2.30. The van der Waals surface area contributed by atoms with E-state index < -0.39 is 0 Å². The van der Waals surface area contributed by atoms with Crippen LogP contribution >= 0.6 is 0 Å². The molecule has 0 aromatic rings. The highest BCUT2D eigenvalue weighted by Gasteiger charge is 2.28. The highest BCUT2D eigenvalue weighted by Crippen LogP contribution is 2.23. The van der Waals surface area contributed by atoms with Crippen molar-refractivity contribution in [2.75, 3.05) is 0 Å². The molecule has 0 radical (unpaired) electrons. The second-order valence-corrected chi connectivity index (χ2v) is 3.06. The molecule has 72 valence electrons. The average molecular weight is 197 g/mol. The normalized spacial score (nSPS) is 21.2. The van der Waals surface area contributed by atoms with Gasteiger partial charge in [0.05, 0.1) is 0 Å². The molecule has 5 nitrogen and oxygen atoms in total. The van der Waals surface area contributed by atoms with Crippen LogP contribution < -0.4 is 0 Å². The number of hydrogen-bond donors (Lipinski definition) is 0. The maximum atomic E-state index is 4.20. The lowest BCUT2D eigenvalue weighted by Crippen LogP contribution is -2.40. The first-order valence-electron chi connectivity index (χ1n) is 4.46. The topological polar surface area (TPSA) is 52.7 Å². The maximum Gasteiger partial charge on any atom is 0.240 e. The number of rotatable bonds is 1. The van der Waals surface area contributed by atoms with Gasteiger partial charge >= 0.3 is 0 Å². The van der Waals surface area contributed by atoms with Crippen LogP contribution in [0.25, 0.3) is 0 Å². The third-order valence-corrected chi connectivity index (χ3v) is 2.25. The van der Waals surface area contributed by atoms with Crippen LogP contribution in [0.3, 0.4) is 0 Å². The molecule has 0 N–H and O–H groups in total. The minimum Gasteiger partial charge on any atom is -0.245 e. The largest absolute Gasteiger partial charge is 0.245 e. The van der Waals surface area contributed by atoms with Gasteiger partial charge < -0.3 is 0 Å². The Morgan fingerprint density at radius 2 is 2.00 bits per heavy atom. The summed E-state index contributed by atoms with van der Waals surface area (Å²) in [7, 11) is 0. The number of allylic oxidation sites excluding steroid dienone is 2. The van der Waals surface area contributed by atoms with Crippen molar-refractivity contribution in [1.82, 2.24) is 4.90 Å². The molecule has 3 heterocycles. The van der Waals surface area contributed by atoms with Crippen molar-refractivity contribution in [3.8, 4) is 0 Å². The van der Waals surface area contributed by atoms with Gasteiger partial charge in [-0.15, -0.1) is 0 Å². The minimum absolute atomic E-state index is 0.591. The van der Waals surface area contributed by atoms with E-state index in [9.17, 15) is 0 Å². The monoisotopic (exact) mass is 197 g/mol. The number of hydrogen-bond acceptors (Lipinski definition) is 5. The predicted octanol–water partition coefficient (Wildman–Crippen LogP) is 1.09. The summed E-state index contributed by atoms with van der Waals surface area (Å²) in [6.07, 6.45) is 8.55. The first-order chi connectivity index (χ1) is 7.40. The Bertz CT molecular complexity index is 516. The Kier molecular flexibility index (Phi) is 1.53. The van der Waals surface area contributed by atoms with E-state index in [2.05, 4.69) is 26.5 Å². The molecule has 0 fully saturated rings. The zero-order chi connectivity index (χ0) is 10.3. The van der Waals surface area contributed by atoms with Crippen molar-refractivity contribution in [2.45, 2.75) is 0 Å². The van der Waals surface area contributed by atoms with Crippen molar-refractivity contribution in [1.29, 1.82) is 0 Å². The van der Waals surface area contributed by atoms with Gasteiger partial charge in [0, 0.05) is 5.57 Å². The molecule has 0 bridgehead atoms. The van der Waals surface area contributed by atoms with E-state index >= 15 is 0 Å². The molecule has 3 rings (SSSR count).